The molecule has 0 fully saturated rings. The molecule has 2 rings (SSSR count). The number of hydrogen-bond acceptors (Lipinski definition) is 5. The van der Waals surface area contributed by atoms with E-state index in [1.54, 1.807) is 6.92 Å². The molecular formula is C14H18N2O3. The van der Waals surface area contributed by atoms with Crippen molar-refractivity contribution in [3.05, 3.63) is 41.0 Å². The van der Waals surface area contributed by atoms with Crippen LogP contribution < -0.4 is 4.74 Å². The lowest BCUT2D eigenvalue weighted by atomic mass is 10.1. The van der Waals surface area contributed by atoms with E-state index in [9.17, 15) is 5.11 Å². The van der Waals surface area contributed by atoms with E-state index in [1.165, 1.54) is 0 Å². The average molecular weight is 262 g/mol. The number of aliphatic hydroxyl groups is 1. The molecule has 5 nitrogen and oxygen atoms in total. The van der Waals surface area contributed by atoms with Gasteiger partial charge in [0.1, 0.15) is 5.75 Å². The Bertz CT molecular complexity index is 549. The highest BCUT2D eigenvalue weighted by Gasteiger charge is 2.11. The van der Waals surface area contributed by atoms with Gasteiger partial charge in [-0.3, -0.25) is 0 Å². The molecule has 0 saturated heterocycles. The smallest absolute Gasteiger partial charge is 0.264 e. The number of aromatic nitrogens is 2. The predicted molar refractivity (Wildman–Crippen MR) is 69.8 cm³/mol. The zero-order chi connectivity index (χ0) is 13.8. The van der Waals surface area contributed by atoms with E-state index in [4.69, 9.17) is 9.26 Å². The van der Waals surface area contributed by atoms with E-state index in [2.05, 4.69) is 10.1 Å². The van der Waals surface area contributed by atoms with Crippen LogP contribution in [0.1, 0.15) is 42.8 Å². The normalized spacial score (nSPS) is 12.4. The summed E-state index contributed by atoms with van der Waals surface area (Å²) in [6.07, 6.45) is 0.149. The number of rotatable bonds is 5. The summed E-state index contributed by atoms with van der Waals surface area (Å²) in [7, 11) is 0. The van der Waals surface area contributed by atoms with E-state index in [-0.39, 0.29) is 6.61 Å². The molecule has 2 aromatic rings. The van der Waals surface area contributed by atoms with E-state index in [1.807, 2.05) is 32.0 Å². The Kier molecular flexibility index (Phi) is 4.16. The summed E-state index contributed by atoms with van der Waals surface area (Å²) in [6, 6.07) is 5.69. The third kappa shape index (κ3) is 3.32. The van der Waals surface area contributed by atoms with Crippen molar-refractivity contribution in [2.24, 2.45) is 0 Å². The molecule has 0 spiro atoms. The van der Waals surface area contributed by atoms with Gasteiger partial charge in [0, 0.05) is 12.0 Å². The van der Waals surface area contributed by atoms with Crippen LogP contribution in [0.2, 0.25) is 0 Å². The first kappa shape index (κ1) is 13.5. The van der Waals surface area contributed by atoms with Gasteiger partial charge in [0.2, 0.25) is 0 Å². The molecule has 1 aromatic carbocycles. The minimum absolute atomic E-state index is 0.204. The maximum Gasteiger partial charge on any atom is 0.264 e. The van der Waals surface area contributed by atoms with Crippen molar-refractivity contribution in [3.63, 3.8) is 0 Å². The number of aliphatic hydroxyl groups excluding tert-OH is 1. The highest BCUT2D eigenvalue weighted by molar-refractivity contribution is 5.38. The van der Waals surface area contributed by atoms with Gasteiger partial charge in [0.05, 0.1) is 6.10 Å². The molecule has 0 bridgehead atoms. The molecule has 1 aromatic heterocycles. The van der Waals surface area contributed by atoms with Gasteiger partial charge < -0.3 is 14.4 Å². The van der Waals surface area contributed by atoms with E-state index < -0.39 is 6.10 Å². The lowest BCUT2D eigenvalue weighted by Crippen LogP contribution is -2.02. The lowest BCUT2D eigenvalue weighted by Gasteiger charge is -2.13. The third-order valence-corrected chi connectivity index (χ3v) is 2.79. The van der Waals surface area contributed by atoms with Gasteiger partial charge in [-0.05, 0) is 26.0 Å². The number of benzene rings is 1. The molecule has 0 aliphatic rings. The fraction of sp³-hybridized carbons (Fsp3) is 0.429. The monoisotopic (exact) mass is 262 g/mol. The van der Waals surface area contributed by atoms with Gasteiger partial charge in [-0.2, -0.15) is 4.98 Å². The first-order valence-corrected chi connectivity index (χ1v) is 6.33. The standard InChI is InChI=1S/C14H18N2O3/c1-4-13-15-14(19-16-13)8-18-12-6-5-9(2)7-11(12)10(3)17/h5-7,10,17H,4,8H2,1-3H3. The minimum Gasteiger partial charge on any atom is -0.483 e. The molecule has 1 atom stereocenters. The second-order valence-corrected chi connectivity index (χ2v) is 4.46. The third-order valence-electron chi connectivity index (χ3n) is 2.79. The molecule has 0 radical (unpaired) electrons. The Morgan fingerprint density at radius 1 is 1.42 bits per heavy atom. The Labute approximate surface area is 112 Å². The van der Waals surface area contributed by atoms with Gasteiger partial charge in [0.15, 0.2) is 12.4 Å². The largest absolute Gasteiger partial charge is 0.483 e. The predicted octanol–water partition coefficient (Wildman–Crippen LogP) is 2.57. The quantitative estimate of drug-likeness (QED) is 0.896. The summed E-state index contributed by atoms with van der Waals surface area (Å²) < 4.78 is 10.7. The van der Waals surface area contributed by atoms with E-state index in [0.29, 0.717) is 17.5 Å². The number of hydrogen-bond donors (Lipinski definition) is 1. The molecule has 0 aliphatic carbocycles. The second kappa shape index (κ2) is 5.84. The van der Waals surface area contributed by atoms with Crippen molar-refractivity contribution in [2.75, 3.05) is 0 Å². The molecule has 1 N–H and O–H groups in total. The van der Waals surface area contributed by atoms with Gasteiger partial charge in [-0.1, -0.05) is 23.7 Å². The van der Waals surface area contributed by atoms with Crippen LogP contribution >= 0.6 is 0 Å². The fourth-order valence-corrected chi connectivity index (χ4v) is 1.76. The van der Waals surface area contributed by atoms with Crippen molar-refractivity contribution < 1.29 is 14.4 Å². The lowest BCUT2D eigenvalue weighted by molar-refractivity contribution is 0.185. The first-order valence-electron chi connectivity index (χ1n) is 6.33. The summed E-state index contributed by atoms with van der Waals surface area (Å²) >= 11 is 0. The topological polar surface area (TPSA) is 68.4 Å². The van der Waals surface area contributed by atoms with Crippen LogP contribution in [-0.2, 0) is 13.0 Å². The van der Waals surface area contributed by atoms with Gasteiger partial charge >= 0.3 is 0 Å². The summed E-state index contributed by atoms with van der Waals surface area (Å²) in [5.74, 6) is 1.74. The first-order chi connectivity index (χ1) is 9.10. The number of ether oxygens (including phenoxy) is 1. The molecular weight excluding hydrogens is 244 g/mol. The van der Waals surface area contributed by atoms with Crippen molar-refractivity contribution in [1.29, 1.82) is 0 Å². The van der Waals surface area contributed by atoms with Crippen LogP contribution in [0.5, 0.6) is 5.75 Å². The average Bonchev–Trinajstić information content (AvgIpc) is 2.85. The molecule has 1 unspecified atom stereocenters. The van der Waals surface area contributed by atoms with Crippen LogP contribution in [0, 0.1) is 6.92 Å². The zero-order valence-corrected chi connectivity index (χ0v) is 11.4. The van der Waals surface area contributed by atoms with Crippen LogP contribution in [0.3, 0.4) is 0 Å². The number of nitrogens with zero attached hydrogens (tertiary/aromatic N) is 2. The van der Waals surface area contributed by atoms with Crippen molar-refractivity contribution >= 4 is 0 Å². The molecule has 0 saturated carbocycles. The van der Waals surface area contributed by atoms with Crippen LogP contribution in [0.15, 0.2) is 22.7 Å². The summed E-state index contributed by atoms with van der Waals surface area (Å²) in [6.45, 7) is 5.85. The maximum atomic E-state index is 9.74. The van der Waals surface area contributed by atoms with Crippen molar-refractivity contribution in [3.8, 4) is 5.75 Å². The van der Waals surface area contributed by atoms with Crippen LogP contribution in [0.25, 0.3) is 0 Å². The Morgan fingerprint density at radius 2 is 2.21 bits per heavy atom. The Balaban J connectivity index is 2.10. The molecule has 19 heavy (non-hydrogen) atoms. The summed E-state index contributed by atoms with van der Waals surface area (Å²) in [5.41, 5.74) is 1.84. The molecule has 0 amide bonds. The molecule has 102 valence electrons. The van der Waals surface area contributed by atoms with Gasteiger partial charge in [-0.25, -0.2) is 0 Å². The van der Waals surface area contributed by atoms with Crippen molar-refractivity contribution in [2.45, 2.75) is 39.9 Å². The van der Waals surface area contributed by atoms with Crippen LogP contribution in [-0.4, -0.2) is 15.2 Å². The maximum absolute atomic E-state index is 9.74. The second-order valence-electron chi connectivity index (χ2n) is 4.46. The molecule has 1 heterocycles. The highest BCUT2D eigenvalue weighted by atomic mass is 16.5. The van der Waals surface area contributed by atoms with E-state index in [0.717, 1.165) is 17.5 Å². The van der Waals surface area contributed by atoms with Crippen molar-refractivity contribution in [1.82, 2.24) is 10.1 Å². The summed E-state index contributed by atoms with van der Waals surface area (Å²) in [4.78, 5) is 4.17. The minimum atomic E-state index is -0.580. The Morgan fingerprint density at radius 3 is 2.84 bits per heavy atom. The Hall–Kier alpha value is -1.88. The molecule has 0 aliphatic heterocycles. The van der Waals surface area contributed by atoms with Crippen LogP contribution in [0.4, 0.5) is 0 Å². The molecule has 5 heteroatoms. The highest BCUT2D eigenvalue weighted by Crippen LogP contribution is 2.26. The fourth-order valence-electron chi connectivity index (χ4n) is 1.76. The van der Waals surface area contributed by atoms with Gasteiger partial charge in [0.25, 0.3) is 5.89 Å². The van der Waals surface area contributed by atoms with E-state index >= 15 is 0 Å². The zero-order valence-electron chi connectivity index (χ0n) is 11.4. The SMILES string of the molecule is CCc1noc(COc2ccc(C)cc2C(C)O)n1. The number of aryl methyl sites for hydroxylation is 2. The van der Waals surface area contributed by atoms with Gasteiger partial charge in [-0.15, -0.1) is 0 Å². The summed E-state index contributed by atoms with van der Waals surface area (Å²) in [5, 5.41) is 13.5.